The van der Waals surface area contributed by atoms with Crippen LogP contribution in [-0.4, -0.2) is 12.6 Å². The summed E-state index contributed by atoms with van der Waals surface area (Å²) in [6, 6.07) is 5.76. The van der Waals surface area contributed by atoms with Crippen LogP contribution < -0.4 is 5.32 Å². The summed E-state index contributed by atoms with van der Waals surface area (Å²) in [6.45, 7) is 3.18. The number of hydrogen-bond donors (Lipinski definition) is 1. The van der Waals surface area contributed by atoms with Crippen molar-refractivity contribution in [3.63, 3.8) is 0 Å². The third-order valence-corrected chi connectivity index (χ3v) is 4.49. The third kappa shape index (κ3) is 4.19. The smallest absolute Gasteiger partial charge is 0.142 e. The molecule has 0 heterocycles. The van der Waals surface area contributed by atoms with E-state index >= 15 is 0 Å². The van der Waals surface area contributed by atoms with E-state index in [1.54, 1.807) is 6.07 Å². The standard InChI is InChI=1S/C16H23ClFN/c1-2-19-14-8-4-3-6-12(11-14)10-13-7-5-9-15(18)16(13)17/h5,7,9,12,14,19H,2-4,6,8,10-11H2,1H3. The van der Waals surface area contributed by atoms with Crippen LogP contribution in [0.5, 0.6) is 0 Å². The minimum atomic E-state index is -0.295. The summed E-state index contributed by atoms with van der Waals surface area (Å²) in [5.74, 6) is 0.321. The second kappa shape index (κ2) is 7.25. The quantitative estimate of drug-likeness (QED) is 0.798. The lowest BCUT2D eigenvalue weighted by molar-refractivity contribution is 0.389. The minimum absolute atomic E-state index is 0.295. The van der Waals surface area contributed by atoms with E-state index < -0.39 is 0 Å². The summed E-state index contributed by atoms with van der Waals surface area (Å²) in [5.41, 5.74) is 0.962. The van der Waals surface area contributed by atoms with Crippen molar-refractivity contribution < 1.29 is 4.39 Å². The molecule has 2 unspecified atom stereocenters. The fourth-order valence-electron chi connectivity index (χ4n) is 3.14. The summed E-state index contributed by atoms with van der Waals surface area (Å²) in [5, 5.41) is 3.87. The molecule has 1 N–H and O–H groups in total. The van der Waals surface area contributed by atoms with Crippen molar-refractivity contribution in [3.05, 3.63) is 34.6 Å². The summed E-state index contributed by atoms with van der Waals surface area (Å²) >= 11 is 6.06. The van der Waals surface area contributed by atoms with Crippen molar-refractivity contribution in [2.45, 2.75) is 51.5 Å². The van der Waals surface area contributed by atoms with Crippen LogP contribution in [-0.2, 0) is 6.42 Å². The van der Waals surface area contributed by atoms with Crippen molar-refractivity contribution in [3.8, 4) is 0 Å². The van der Waals surface area contributed by atoms with E-state index in [9.17, 15) is 4.39 Å². The highest BCUT2D eigenvalue weighted by atomic mass is 35.5. The van der Waals surface area contributed by atoms with Gasteiger partial charge in [-0.1, -0.05) is 49.9 Å². The first-order valence-electron chi connectivity index (χ1n) is 7.37. The van der Waals surface area contributed by atoms with Crippen LogP contribution in [0.3, 0.4) is 0 Å². The largest absolute Gasteiger partial charge is 0.314 e. The average molecular weight is 284 g/mol. The molecule has 0 bridgehead atoms. The maximum Gasteiger partial charge on any atom is 0.142 e. The highest BCUT2D eigenvalue weighted by Crippen LogP contribution is 2.29. The highest BCUT2D eigenvalue weighted by Gasteiger charge is 2.21. The fraction of sp³-hybridized carbons (Fsp3) is 0.625. The second-order valence-electron chi connectivity index (χ2n) is 5.56. The van der Waals surface area contributed by atoms with Crippen molar-refractivity contribution in [2.75, 3.05) is 6.54 Å². The molecule has 0 radical (unpaired) electrons. The van der Waals surface area contributed by atoms with Crippen molar-refractivity contribution in [1.29, 1.82) is 0 Å². The number of hydrogen-bond acceptors (Lipinski definition) is 1. The molecule has 0 spiro atoms. The van der Waals surface area contributed by atoms with Gasteiger partial charge in [-0.25, -0.2) is 4.39 Å². The van der Waals surface area contributed by atoms with Crippen LogP contribution in [0, 0.1) is 11.7 Å². The van der Waals surface area contributed by atoms with E-state index in [1.165, 1.54) is 38.2 Å². The molecule has 0 aliphatic heterocycles. The Kier molecular flexibility index (Phi) is 5.65. The normalized spacial score (nSPS) is 24.2. The predicted molar refractivity (Wildman–Crippen MR) is 79.2 cm³/mol. The lowest BCUT2D eigenvalue weighted by Gasteiger charge is -2.21. The van der Waals surface area contributed by atoms with Gasteiger partial charge < -0.3 is 5.32 Å². The lowest BCUT2D eigenvalue weighted by Crippen LogP contribution is -2.30. The number of rotatable bonds is 4. The van der Waals surface area contributed by atoms with Gasteiger partial charge >= 0.3 is 0 Å². The van der Waals surface area contributed by atoms with E-state index in [1.807, 2.05) is 6.07 Å². The summed E-state index contributed by atoms with van der Waals surface area (Å²) in [7, 11) is 0. The van der Waals surface area contributed by atoms with Gasteiger partial charge in [0.05, 0.1) is 5.02 Å². The topological polar surface area (TPSA) is 12.0 Å². The zero-order chi connectivity index (χ0) is 13.7. The van der Waals surface area contributed by atoms with Crippen LogP contribution in [0.2, 0.25) is 5.02 Å². The maximum atomic E-state index is 13.5. The average Bonchev–Trinajstić information content (AvgIpc) is 2.61. The Bertz CT molecular complexity index is 408. The first kappa shape index (κ1) is 14.8. The molecule has 2 rings (SSSR count). The van der Waals surface area contributed by atoms with E-state index in [-0.39, 0.29) is 5.82 Å². The van der Waals surface area contributed by atoms with E-state index in [2.05, 4.69) is 12.2 Å². The number of nitrogens with one attached hydrogen (secondary N) is 1. The summed E-state index contributed by atoms with van der Waals surface area (Å²) < 4.78 is 13.5. The molecule has 1 aliphatic rings. The van der Waals surface area contributed by atoms with Gasteiger partial charge in [0.25, 0.3) is 0 Å². The van der Waals surface area contributed by atoms with Gasteiger partial charge in [-0.2, -0.15) is 0 Å². The van der Waals surface area contributed by atoms with Gasteiger partial charge in [0, 0.05) is 6.04 Å². The molecule has 2 atom stereocenters. The third-order valence-electron chi connectivity index (χ3n) is 4.07. The second-order valence-corrected chi connectivity index (χ2v) is 5.94. The number of halogens is 2. The van der Waals surface area contributed by atoms with E-state index in [4.69, 9.17) is 11.6 Å². The van der Waals surface area contributed by atoms with Crippen LogP contribution in [0.1, 0.15) is 44.6 Å². The van der Waals surface area contributed by atoms with E-state index in [0.717, 1.165) is 18.5 Å². The summed E-state index contributed by atoms with van der Waals surface area (Å²) in [6.07, 6.45) is 7.15. The Balaban J connectivity index is 2.02. The molecule has 19 heavy (non-hydrogen) atoms. The minimum Gasteiger partial charge on any atom is -0.314 e. The van der Waals surface area contributed by atoms with Gasteiger partial charge in [-0.15, -0.1) is 0 Å². The van der Waals surface area contributed by atoms with Crippen LogP contribution in [0.25, 0.3) is 0 Å². The first-order valence-corrected chi connectivity index (χ1v) is 7.74. The molecule has 0 aromatic heterocycles. The van der Waals surface area contributed by atoms with Crippen LogP contribution >= 0.6 is 11.6 Å². The predicted octanol–water partition coefficient (Wildman–Crippen LogP) is 4.58. The molecular weight excluding hydrogens is 261 g/mol. The Morgan fingerprint density at radius 3 is 2.89 bits per heavy atom. The first-order chi connectivity index (χ1) is 9.20. The Morgan fingerprint density at radius 1 is 1.32 bits per heavy atom. The lowest BCUT2D eigenvalue weighted by atomic mass is 9.91. The Morgan fingerprint density at radius 2 is 2.11 bits per heavy atom. The molecule has 106 valence electrons. The van der Waals surface area contributed by atoms with Gasteiger partial charge in [-0.05, 0) is 43.4 Å². The molecule has 1 aromatic rings. The van der Waals surface area contributed by atoms with Gasteiger partial charge in [-0.3, -0.25) is 0 Å². The van der Waals surface area contributed by atoms with Crippen LogP contribution in [0.4, 0.5) is 4.39 Å². The molecule has 0 saturated heterocycles. The van der Waals surface area contributed by atoms with Crippen molar-refractivity contribution in [2.24, 2.45) is 5.92 Å². The molecule has 1 saturated carbocycles. The molecule has 3 heteroatoms. The maximum absolute atomic E-state index is 13.5. The molecule has 1 aliphatic carbocycles. The summed E-state index contributed by atoms with van der Waals surface area (Å²) in [4.78, 5) is 0. The molecule has 1 fully saturated rings. The highest BCUT2D eigenvalue weighted by molar-refractivity contribution is 6.31. The zero-order valence-corrected chi connectivity index (χ0v) is 12.3. The van der Waals surface area contributed by atoms with Crippen molar-refractivity contribution >= 4 is 11.6 Å². The monoisotopic (exact) mass is 283 g/mol. The number of benzene rings is 1. The van der Waals surface area contributed by atoms with Crippen molar-refractivity contribution in [1.82, 2.24) is 5.32 Å². The Labute approximate surface area is 120 Å². The van der Waals surface area contributed by atoms with Gasteiger partial charge in [0.2, 0.25) is 0 Å². The SMILES string of the molecule is CCNC1CCCCC(Cc2cccc(F)c2Cl)C1. The van der Waals surface area contributed by atoms with Gasteiger partial charge in [0.1, 0.15) is 5.82 Å². The van der Waals surface area contributed by atoms with Gasteiger partial charge in [0.15, 0.2) is 0 Å². The fourth-order valence-corrected chi connectivity index (χ4v) is 3.34. The molecule has 1 aromatic carbocycles. The molecule has 1 nitrogen and oxygen atoms in total. The van der Waals surface area contributed by atoms with E-state index in [0.29, 0.717) is 17.0 Å². The molecule has 0 amide bonds. The zero-order valence-electron chi connectivity index (χ0n) is 11.6. The Hall–Kier alpha value is -0.600. The molecular formula is C16H23ClFN. The van der Waals surface area contributed by atoms with Crippen LogP contribution in [0.15, 0.2) is 18.2 Å².